The summed E-state index contributed by atoms with van der Waals surface area (Å²) in [6.45, 7) is 6.46. The van der Waals surface area contributed by atoms with Crippen molar-refractivity contribution in [3.8, 4) is 5.75 Å². The highest BCUT2D eigenvalue weighted by molar-refractivity contribution is 5.96. The molecule has 0 aliphatic heterocycles. The van der Waals surface area contributed by atoms with E-state index in [2.05, 4.69) is 5.32 Å². The molecule has 0 unspecified atom stereocenters. The first-order chi connectivity index (χ1) is 21.5. The SMILES string of the molecule is COC(=O)c1c(OCc2ccccc2)c(=O)c(C(C)=O)cn1[C@H](CNC(=O)OC(C)(C)C)C(c1ccccc1)c1ccccc1. The number of esters is 1. The smallest absolute Gasteiger partial charge is 0.407 e. The number of carbonyl (C=O) groups is 3. The van der Waals surface area contributed by atoms with E-state index in [0.717, 1.165) is 16.7 Å². The highest BCUT2D eigenvalue weighted by atomic mass is 16.6. The number of ether oxygens (including phenoxy) is 3. The number of rotatable bonds is 11. The monoisotopic (exact) mass is 610 g/mol. The van der Waals surface area contributed by atoms with E-state index in [1.807, 2.05) is 91.0 Å². The van der Waals surface area contributed by atoms with Crippen molar-refractivity contribution < 1.29 is 28.6 Å². The molecule has 45 heavy (non-hydrogen) atoms. The fraction of sp³-hybridized carbons (Fsp3) is 0.278. The largest absolute Gasteiger partial charge is 0.482 e. The lowest BCUT2D eigenvalue weighted by Gasteiger charge is -2.33. The van der Waals surface area contributed by atoms with Crippen molar-refractivity contribution in [3.63, 3.8) is 0 Å². The second kappa shape index (κ2) is 14.5. The summed E-state index contributed by atoms with van der Waals surface area (Å²) in [6, 6.07) is 27.5. The van der Waals surface area contributed by atoms with Gasteiger partial charge in [0.05, 0.1) is 18.7 Å². The Kier molecular flexibility index (Phi) is 10.6. The molecule has 0 aliphatic carbocycles. The second-order valence-electron chi connectivity index (χ2n) is 11.5. The third-order valence-corrected chi connectivity index (χ3v) is 7.09. The van der Waals surface area contributed by atoms with Crippen LogP contribution >= 0.6 is 0 Å². The Hall–Kier alpha value is -5.18. The van der Waals surface area contributed by atoms with Crippen LogP contribution in [0.5, 0.6) is 5.75 Å². The van der Waals surface area contributed by atoms with Gasteiger partial charge in [-0.3, -0.25) is 9.59 Å². The minimum absolute atomic E-state index is 0.0386. The maximum Gasteiger partial charge on any atom is 0.407 e. The van der Waals surface area contributed by atoms with Crippen LogP contribution in [0.15, 0.2) is 102 Å². The van der Waals surface area contributed by atoms with Gasteiger partial charge in [-0.05, 0) is 44.4 Å². The van der Waals surface area contributed by atoms with Crippen LogP contribution in [0, 0.1) is 0 Å². The number of hydrogen-bond donors (Lipinski definition) is 1. The first-order valence-electron chi connectivity index (χ1n) is 14.6. The molecule has 0 spiro atoms. The Balaban J connectivity index is 1.99. The predicted octanol–water partition coefficient (Wildman–Crippen LogP) is 6.31. The molecular weight excluding hydrogens is 572 g/mol. The molecule has 1 aromatic heterocycles. The van der Waals surface area contributed by atoms with Crippen LogP contribution in [-0.4, -0.2) is 41.7 Å². The molecule has 1 atom stereocenters. The van der Waals surface area contributed by atoms with E-state index >= 15 is 0 Å². The molecule has 1 amide bonds. The molecule has 0 saturated heterocycles. The fourth-order valence-corrected chi connectivity index (χ4v) is 5.12. The number of aromatic nitrogens is 1. The van der Waals surface area contributed by atoms with Crippen molar-refractivity contribution in [2.45, 2.75) is 51.9 Å². The topological polar surface area (TPSA) is 113 Å². The summed E-state index contributed by atoms with van der Waals surface area (Å²) in [7, 11) is 1.21. The predicted molar refractivity (Wildman–Crippen MR) is 171 cm³/mol. The molecule has 0 fully saturated rings. The molecule has 9 nitrogen and oxygen atoms in total. The second-order valence-corrected chi connectivity index (χ2v) is 11.5. The van der Waals surface area contributed by atoms with E-state index in [0.29, 0.717) is 0 Å². The number of pyridine rings is 1. The van der Waals surface area contributed by atoms with Gasteiger partial charge in [0.1, 0.15) is 12.2 Å². The molecule has 0 radical (unpaired) electrons. The van der Waals surface area contributed by atoms with Crippen LogP contribution < -0.4 is 15.5 Å². The number of nitrogens with one attached hydrogen (secondary N) is 1. The lowest BCUT2D eigenvalue weighted by molar-refractivity contribution is 0.0517. The average molecular weight is 611 g/mol. The third kappa shape index (κ3) is 8.26. The van der Waals surface area contributed by atoms with Gasteiger partial charge < -0.3 is 24.1 Å². The first kappa shape index (κ1) is 32.7. The summed E-state index contributed by atoms with van der Waals surface area (Å²) in [5.41, 5.74) is 0.638. The van der Waals surface area contributed by atoms with E-state index in [-0.39, 0.29) is 30.2 Å². The lowest BCUT2D eigenvalue weighted by atomic mass is 9.84. The van der Waals surface area contributed by atoms with Crippen LogP contribution in [-0.2, 0) is 16.1 Å². The minimum Gasteiger partial charge on any atom is -0.482 e. The lowest BCUT2D eigenvalue weighted by Crippen LogP contribution is -2.39. The van der Waals surface area contributed by atoms with Gasteiger partial charge in [0.25, 0.3) is 0 Å². The maximum absolute atomic E-state index is 13.7. The Morgan fingerprint density at radius 3 is 1.87 bits per heavy atom. The highest BCUT2D eigenvalue weighted by Gasteiger charge is 2.34. The third-order valence-electron chi connectivity index (χ3n) is 7.09. The molecule has 1 N–H and O–H groups in total. The van der Waals surface area contributed by atoms with Crippen molar-refractivity contribution in [2.24, 2.45) is 0 Å². The quantitative estimate of drug-likeness (QED) is 0.156. The average Bonchev–Trinajstić information content (AvgIpc) is 3.02. The van der Waals surface area contributed by atoms with Gasteiger partial charge in [-0.25, -0.2) is 9.59 Å². The first-order valence-corrected chi connectivity index (χ1v) is 14.6. The van der Waals surface area contributed by atoms with Crippen molar-refractivity contribution in [1.29, 1.82) is 0 Å². The summed E-state index contributed by atoms with van der Waals surface area (Å²) >= 11 is 0. The summed E-state index contributed by atoms with van der Waals surface area (Å²) in [6.07, 6.45) is 0.687. The van der Waals surface area contributed by atoms with E-state index in [4.69, 9.17) is 14.2 Å². The number of methoxy groups -OCH3 is 1. The zero-order chi connectivity index (χ0) is 32.6. The van der Waals surface area contributed by atoms with E-state index in [9.17, 15) is 19.2 Å². The van der Waals surface area contributed by atoms with E-state index in [1.165, 1.54) is 24.8 Å². The number of hydrogen-bond acceptors (Lipinski definition) is 7. The maximum atomic E-state index is 13.7. The zero-order valence-electron chi connectivity index (χ0n) is 26.1. The molecule has 234 valence electrons. The van der Waals surface area contributed by atoms with E-state index < -0.39 is 40.8 Å². The molecule has 0 bridgehead atoms. The Morgan fingerprint density at radius 1 is 0.844 bits per heavy atom. The molecule has 4 rings (SSSR count). The van der Waals surface area contributed by atoms with Crippen molar-refractivity contribution >= 4 is 17.8 Å². The van der Waals surface area contributed by atoms with Crippen LogP contribution in [0.1, 0.15) is 77.2 Å². The minimum atomic E-state index is -0.840. The normalized spacial score (nSPS) is 11.9. The number of benzene rings is 3. The zero-order valence-corrected chi connectivity index (χ0v) is 26.1. The Bertz CT molecular complexity index is 1640. The molecule has 4 aromatic rings. The van der Waals surface area contributed by atoms with E-state index in [1.54, 1.807) is 20.8 Å². The number of carbonyl (C=O) groups excluding carboxylic acids is 3. The van der Waals surface area contributed by atoms with Crippen molar-refractivity contribution in [1.82, 2.24) is 9.88 Å². The van der Waals surface area contributed by atoms with Gasteiger partial charge >= 0.3 is 12.1 Å². The van der Waals surface area contributed by atoms with Gasteiger partial charge in [0.15, 0.2) is 17.2 Å². The van der Waals surface area contributed by atoms with Crippen LogP contribution in [0.4, 0.5) is 4.79 Å². The summed E-state index contributed by atoms with van der Waals surface area (Å²) in [5.74, 6) is -2.15. The number of alkyl carbamates (subject to hydrolysis) is 1. The number of nitrogens with zero attached hydrogens (tertiary/aromatic N) is 1. The van der Waals surface area contributed by atoms with Gasteiger partial charge in [0.2, 0.25) is 5.43 Å². The number of Topliss-reactive ketones (excluding diaryl/α,β-unsaturated/α-hetero) is 1. The number of amides is 1. The molecule has 1 heterocycles. The Morgan fingerprint density at radius 2 is 1.38 bits per heavy atom. The number of ketones is 1. The highest BCUT2D eigenvalue weighted by Crippen LogP contribution is 2.37. The molecule has 3 aromatic carbocycles. The Labute approximate surface area is 262 Å². The molecular formula is C36H38N2O7. The fourth-order valence-electron chi connectivity index (χ4n) is 5.12. The van der Waals surface area contributed by atoms with Crippen molar-refractivity contribution in [2.75, 3.05) is 13.7 Å². The van der Waals surface area contributed by atoms with Crippen LogP contribution in [0.25, 0.3) is 0 Å². The summed E-state index contributed by atoms with van der Waals surface area (Å²) < 4.78 is 18.3. The molecule has 9 heteroatoms. The molecule has 0 aliphatic rings. The van der Waals surface area contributed by atoms with Crippen LogP contribution in [0.3, 0.4) is 0 Å². The summed E-state index contributed by atoms with van der Waals surface area (Å²) in [5, 5.41) is 2.84. The van der Waals surface area contributed by atoms with Gasteiger partial charge in [-0.15, -0.1) is 0 Å². The van der Waals surface area contributed by atoms with Gasteiger partial charge in [-0.1, -0.05) is 91.0 Å². The van der Waals surface area contributed by atoms with Crippen LogP contribution in [0.2, 0.25) is 0 Å². The molecule has 0 saturated carbocycles. The van der Waals surface area contributed by atoms with Crippen molar-refractivity contribution in [3.05, 3.63) is 135 Å². The standard InChI is InChI=1S/C36H38N2O7/c1-24(39)28-22-38(31(34(41)43-5)33(32(28)40)44-23-25-15-9-6-10-16-25)29(21-37-35(42)45-36(2,3)4)30(26-17-11-7-12-18-26)27-19-13-8-14-20-27/h6-20,22,29-30H,21,23H2,1-5H3,(H,37,42)/t29-/m1/s1. The summed E-state index contributed by atoms with van der Waals surface area (Å²) in [4.78, 5) is 53.1. The van der Waals surface area contributed by atoms with Gasteiger partial charge in [-0.2, -0.15) is 0 Å². The van der Waals surface area contributed by atoms with Gasteiger partial charge in [0, 0.05) is 18.7 Å².